The fourth-order valence-electron chi connectivity index (χ4n) is 5.74. The number of hydrogen-bond donors (Lipinski definition) is 4. The first-order valence-corrected chi connectivity index (χ1v) is 17.8. The van der Waals surface area contributed by atoms with Crippen molar-refractivity contribution in [3.8, 4) is 5.75 Å². The number of amidine groups is 1. The molecule has 2 aromatic heterocycles. The van der Waals surface area contributed by atoms with E-state index in [4.69, 9.17) is 38.9 Å². The van der Waals surface area contributed by atoms with Crippen molar-refractivity contribution in [3.63, 3.8) is 0 Å². The molecule has 0 aliphatic carbocycles. The van der Waals surface area contributed by atoms with E-state index in [1.54, 1.807) is 41.8 Å². The van der Waals surface area contributed by atoms with E-state index >= 15 is 0 Å². The van der Waals surface area contributed by atoms with Gasteiger partial charge in [-0.3, -0.25) is 18.8 Å². The number of fused-ring (bicyclic) bond motifs is 1. The molecule has 17 heteroatoms. The third-order valence-electron chi connectivity index (χ3n) is 8.23. The summed E-state index contributed by atoms with van der Waals surface area (Å²) in [6.45, 7) is 3.55. The summed E-state index contributed by atoms with van der Waals surface area (Å²) in [6, 6.07) is 11.3. The van der Waals surface area contributed by atoms with Gasteiger partial charge in [0.05, 0.1) is 10.7 Å². The number of imidazole rings is 1. The number of benzene rings is 2. The minimum atomic E-state index is -4.23. The van der Waals surface area contributed by atoms with Gasteiger partial charge < -0.3 is 26.3 Å². The van der Waals surface area contributed by atoms with Crippen molar-refractivity contribution in [2.24, 2.45) is 10.9 Å². The molecule has 1 saturated heterocycles. The number of nitrogens with one attached hydrogen (secondary N) is 2. The number of carbonyl (C=O) groups excluding carboxylic acids is 3. The molecule has 1 aliphatic heterocycles. The van der Waals surface area contributed by atoms with Gasteiger partial charge in [0.25, 0.3) is 5.91 Å². The van der Waals surface area contributed by atoms with E-state index < -0.39 is 22.0 Å². The molecule has 14 nitrogen and oxygen atoms in total. The first-order chi connectivity index (χ1) is 23.8. The molecule has 1 fully saturated rings. The van der Waals surface area contributed by atoms with E-state index in [-0.39, 0.29) is 64.3 Å². The Bertz CT molecular complexity index is 2090. The molecule has 2 aromatic carbocycles. The van der Waals surface area contributed by atoms with Crippen LogP contribution in [0.2, 0.25) is 10.0 Å². The Morgan fingerprint density at radius 3 is 2.48 bits per heavy atom. The zero-order valence-corrected chi connectivity index (χ0v) is 29.5. The van der Waals surface area contributed by atoms with Crippen LogP contribution in [0.5, 0.6) is 5.75 Å². The predicted molar refractivity (Wildman–Crippen MR) is 187 cm³/mol. The van der Waals surface area contributed by atoms with E-state index in [9.17, 15) is 22.8 Å². The number of hydrogen-bond acceptors (Lipinski definition) is 9. The number of ether oxygens (including phenoxy) is 1. The van der Waals surface area contributed by atoms with Gasteiger partial charge in [0.1, 0.15) is 23.2 Å². The molecular weight excluding hydrogens is 709 g/mol. The summed E-state index contributed by atoms with van der Waals surface area (Å²) in [6.07, 6.45) is 2.89. The summed E-state index contributed by atoms with van der Waals surface area (Å²) in [4.78, 5) is 42.0. The minimum absolute atomic E-state index is 0.0748. The van der Waals surface area contributed by atoms with E-state index in [1.165, 1.54) is 31.2 Å². The van der Waals surface area contributed by atoms with E-state index in [0.717, 1.165) is 4.31 Å². The Morgan fingerprint density at radius 2 is 1.78 bits per heavy atom. The molecule has 1 aliphatic rings. The zero-order chi connectivity index (χ0) is 36.2. The number of aryl methyl sites for hydroxylation is 1. The number of nitrogens with two attached hydrogens (primary N) is 1. The SMILES string of the molecule is CC(=O)c1c(C)nc2c(OCc3c(Cl)ccc(S(=O)(=O)N4CCC[C@H]4C(=O)NCCCNC(=O)c4ccc(/C(N)=N\O)cc4)c3Cl)cccn12. The number of aromatic nitrogens is 2. The van der Waals surface area contributed by atoms with Crippen LogP contribution in [0.15, 0.2) is 64.8 Å². The maximum atomic E-state index is 13.9. The van der Waals surface area contributed by atoms with Crippen molar-refractivity contribution in [2.75, 3.05) is 19.6 Å². The predicted octanol–water partition coefficient (Wildman–Crippen LogP) is 3.92. The Kier molecular flexibility index (Phi) is 11.3. The van der Waals surface area contributed by atoms with Crippen LogP contribution in [0.25, 0.3) is 5.65 Å². The second kappa shape index (κ2) is 15.5. The Labute approximate surface area is 298 Å². The van der Waals surface area contributed by atoms with Gasteiger partial charge >= 0.3 is 0 Å². The maximum Gasteiger partial charge on any atom is 0.251 e. The van der Waals surface area contributed by atoms with E-state index in [2.05, 4.69) is 20.8 Å². The zero-order valence-electron chi connectivity index (χ0n) is 27.2. The molecule has 0 bridgehead atoms. The standard InChI is InChI=1S/C33H35Cl2N7O7S/c1-19-29(20(2)43)41-16-4-7-26(31(41)39-19)49-18-23-24(34)12-13-27(28(23)35)50(47,48)42-17-3-6-25(42)33(45)38-15-5-14-37-32(44)22-10-8-21(9-11-22)30(36)40-46/h4,7-13,16,25,46H,3,5-6,14-15,17-18H2,1-2H3,(H2,36,40)(H,37,44)(H,38,45)/t25-/m0/s1. The number of Topliss-reactive ketones (excluding diaryl/α,β-unsaturated/α-hetero) is 1. The van der Waals surface area contributed by atoms with Crippen LogP contribution in [-0.2, 0) is 21.4 Å². The fraction of sp³-hybridized carbons (Fsp3) is 0.303. The highest BCUT2D eigenvalue weighted by atomic mass is 35.5. The average molecular weight is 745 g/mol. The molecule has 264 valence electrons. The summed E-state index contributed by atoms with van der Waals surface area (Å²) in [5, 5.41) is 17.3. The quantitative estimate of drug-likeness (QED) is 0.0392. The van der Waals surface area contributed by atoms with Gasteiger partial charge in [0.2, 0.25) is 15.9 Å². The highest BCUT2D eigenvalue weighted by Gasteiger charge is 2.40. The third kappa shape index (κ3) is 7.55. The Morgan fingerprint density at radius 1 is 1.08 bits per heavy atom. The van der Waals surface area contributed by atoms with Crippen LogP contribution < -0.4 is 21.1 Å². The normalized spacial score (nSPS) is 15.3. The summed E-state index contributed by atoms with van der Waals surface area (Å²) in [5.41, 5.74) is 7.97. The molecule has 5 rings (SSSR count). The van der Waals surface area contributed by atoms with Gasteiger partial charge in [0.15, 0.2) is 23.0 Å². The fourth-order valence-corrected chi connectivity index (χ4v) is 8.26. The second-order valence-electron chi connectivity index (χ2n) is 11.5. The summed E-state index contributed by atoms with van der Waals surface area (Å²) in [5.74, 6) is -0.688. The molecule has 4 aromatic rings. The summed E-state index contributed by atoms with van der Waals surface area (Å²) < 4.78 is 36.6. The minimum Gasteiger partial charge on any atom is -0.485 e. The van der Waals surface area contributed by atoms with Crippen LogP contribution >= 0.6 is 23.2 Å². The van der Waals surface area contributed by atoms with Crippen LogP contribution in [0.1, 0.15) is 63.9 Å². The molecule has 0 saturated carbocycles. The van der Waals surface area contributed by atoms with Crippen molar-refractivity contribution in [3.05, 3.63) is 92.9 Å². The van der Waals surface area contributed by atoms with Gasteiger partial charge in [-0.1, -0.05) is 40.5 Å². The van der Waals surface area contributed by atoms with Gasteiger partial charge in [-0.25, -0.2) is 13.4 Å². The molecule has 5 N–H and O–H groups in total. The van der Waals surface area contributed by atoms with Gasteiger partial charge in [-0.05, 0) is 62.6 Å². The molecule has 0 radical (unpaired) electrons. The van der Waals surface area contributed by atoms with Gasteiger partial charge in [-0.2, -0.15) is 4.31 Å². The van der Waals surface area contributed by atoms with E-state index in [1.807, 2.05) is 0 Å². The summed E-state index contributed by atoms with van der Waals surface area (Å²) >= 11 is 13.1. The Balaban J connectivity index is 1.21. The molecule has 2 amide bonds. The number of nitrogens with zero attached hydrogens (tertiary/aromatic N) is 4. The van der Waals surface area contributed by atoms with Crippen LogP contribution in [0.3, 0.4) is 0 Å². The monoisotopic (exact) mass is 743 g/mol. The number of carbonyl (C=O) groups is 3. The van der Waals surface area contributed by atoms with Crippen molar-refractivity contribution < 1.29 is 32.7 Å². The largest absolute Gasteiger partial charge is 0.485 e. The number of halogens is 2. The lowest BCUT2D eigenvalue weighted by Crippen LogP contribution is -2.46. The lowest BCUT2D eigenvalue weighted by atomic mass is 10.1. The smallest absolute Gasteiger partial charge is 0.251 e. The molecular formula is C33H35Cl2N7O7S. The number of oxime groups is 1. The first-order valence-electron chi connectivity index (χ1n) is 15.6. The van der Waals surface area contributed by atoms with Crippen molar-refractivity contribution >= 4 is 62.3 Å². The lowest BCUT2D eigenvalue weighted by molar-refractivity contribution is -0.124. The molecule has 1 atom stereocenters. The number of ketones is 1. The number of amides is 2. The average Bonchev–Trinajstić information content (AvgIpc) is 3.73. The number of pyridine rings is 1. The molecule has 0 spiro atoms. The maximum absolute atomic E-state index is 13.9. The number of rotatable bonds is 13. The molecule has 0 unspecified atom stereocenters. The lowest BCUT2D eigenvalue weighted by Gasteiger charge is -2.24. The van der Waals surface area contributed by atoms with Gasteiger partial charge in [-0.15, -0.1) is 0 Å². The highest BCUT2D eigenvalue weighted by molar-refractivity contribution is 7.89. The highest BCUT2D eigenvalue weighted by Crippen LogP contribution is 2.36. The number of sulfonamides is 1. The third-order valence-corrected chi connectivity index (χ3v) is 11.1. The topological polar surface area (TPSA) is 198 Å². The second-order valence-corrected chi connectivity index (χ2v) is 14.2. The van der Waals surface area contributed by atoms with Crippen molar-refractivity contribution in [2.45, 2.75) is 50.7 Å². The van der Waals surface area contributed by atoms with Gasteiger partial charge in [0, 0.05) is 54.5 Å². The Hall–Kier alpha value is -4.70. The molecule has 3 heterocycles. The van der Waals surface area contributed by atoms with E-state index in [0.29, 0.717) is 53.2 Å². The van der Waals surface area contributed by atoms with Crippen LogP contribution in [0, 0.1) is 6.92 Å². The van der Waals surface area contributed by atoms with Crippen molar-refractivity contribution in [1.82, 2.24) is 24.3 Å². The van der Waals surface area contributed by atoms with Crippen LogP contribution in [-0.4, -0.2) is 76.4 Å². The van der Waals surface area contributed by atoms with Crippen LogP contribution in [0.4, 0.5) is 0 Å². The van der Waals surface area contributed by atoms with Crippen molar-refractivity contribution in [1.29, 1.82) is 0 Å². The first kappa shape index (κ1) is 36.6. The summed E-state index contributed by atoms with van der Waals surface area (Å²) in [7, 11) is -4.23. The molecule has 50 heavy (non-hydrogen) atoms.